The van der Waals surface area contributed by atoms with Gasteiger partial charge in [-0.05, 0) is 18.6 Å². The number of rotatable bonds is 4. The Balaban J connectivity index is 2.27. The molecule has 1 heterocycles. The average Bonchev–Trinajstić information content (AvgIpc) is 2.81. The maximum absolute atomic E-state index is 9.31. The third-order valence-electron chi connectivity index (χ3n) is 3.43. The van der Waals surface area contributed by atoms with E-state index in [0.29, 0.717) is 6.54 Å². The van der Waals surface area contributed by atoms with Crippen molar-refractivity contribution in [2.45, 2.75) is 12.0 Å². The van der Waals surface area contributed by atoms with E-state index in [-0.39, 0.29) is 6.61 Å². The molecule has 1 aromatic rings. The van der Waals surface area contributed by atoms with Crippen molar-refractivity contribution in [1.29, 1.82) is 0 Å². The Morgan fingerprint density at radius 3 is 2.72 bits per heavy atom. The first kappa shape index (κ1) is 13.0. The molecule has 0 bridgehead atoms. The van der Waals surface area contributed by atoms with E-state index in [0.717, 1.165) is 30.2 Å². The van der Waals surface area contributed by atoms with Crippen LogP contribution < -0.4 is 20.1 Å². The number of nitrogens with two attached hydrogens (primary N) is 1. The van der Waals surface area contributed by atoms with Crippen LogP contribution in [0.1, 0.15) is 6.42 Å². The maximum Gasteiger partial charge on any atom is 0.142 e. The molecule has 0 spiro atoms. The SMILES string of the molecule is COc1ccc(OC)c(N2CCC(N)(CO)C2)c1. The number of aliphatic hydroxyl groups excluding tert-OH is 1. The van der Waals surface area contributed by atoms with E-state index in [1.54, 1.807) is 14.2 Å². The molecule has 1 fully saturated rings. The van der Waals surface area contributed by atoms with E-state index in [1.807, 2.05) is 18.2 Å². The molecule has 0 aromatic heterocycles. The standard InChI is InChI=1S/C13H20N2O3/c1-17-10-3-4-12(18-2)11(7-10)15-6-5-13(14,8-15)9-16/h3-4,7,16H,5-6,8-9,14H2,1-2H3. The van der Waals surface area contributed by atoms with Gasteiger partial charge >= 0.3 is 0 Å². The van der Waals surface area contributed by atoms with Crippen molar-refractivity contribution >= 4 is 5.69 Å². The summed E-state index contributed by atoms with van der Waals surface area (Å²) in [6.45, 7) is 1.42. The summed E-state index contributed by atoms with van der Waals surface area (Å²) in [6, 6.07) is 5.67. The summed E-state index contributed by atoms with van der Waals surface area (Å²) in [6.07, 6.45) is 0.768. The zero-order valence-corrected chi connectivity index (χ0v) is 10.8. The number of anilines is 1. The van der Waals surface area contributed by atoms with Crippen LogP contribution in [0.2, 0.25) is 0 Å². The van der Waals surface area contributed by atoms with Crippen LogP contribution in [0.3, 0.4) is 0 Å². The van der Waals surface area contributed by atoms with Crippen LogP contribution in [0.5, 0.6) is 11.5 Å². The molecule has 0 saturated carbocycles. The molecule has 0 radical (unpaired) electrons. The first-order valence-electron chi connectivity index (χ1n) is 5.98. The van der Waals surface area contributed by atoms with Crippen molar-refractivity contribution in [3.8, 4) is 11.5 Å². The second-order valence-corrected chi connectivity index (χ2v) is 4.73. The number of nitrogens with zero attached hydrogens (tertiary/aromatic N) is 1. The topological polar surface area (TPSA) is 68.0 Å². The monoisotopic (exact) mass is 252 g/mol. The highest BCUT2D eigenvalue weighted by atomic mass is 16.5. The molecule has 2 rings (SSSR count). The van der Waals surface area contributed by atoms with Gasteiger partial charge in [0.1, 0.15) is 11.5 Å². The van der Waals surface area contributed by atoms with Crippen molar-refractivity contribution in [3.05, 3.63) is 18.2 Å². The highest BCUT2D eigenvalue weighted by Gasteiger charge is 2.34. The summed E-state index contributed by atoms with van der Waals surface area (Å²) < 4.78 is 10.6. The normalized spacial score (nSPS) is 23.2. The molecule has 0 aliphatic carbocycles. The third kappa shape index (κ3) is 2.37. The first-order chi connectivity index (χ1) is 8.61. The number of ether oxygens (including phenoxy) is 2. The van der Waals surface area contributed by atoms with Crippen LogP contribution in [0.4, 0.5) is 5.69 Å². The van der Waals surface area contributed by atoms with Gasteiger partial charge in [-0.25, -0.2) is 0 Å². The van der Waals surface area contributed by atoms with Crippen LogP contribution in [0.25, 0.3) is 0 Å². The van der Waals surface area contributed by atoms with E-state index >= 15 is 0 Å². The molecule has 1 atom stereocenters. The minimum absolute atomic E-state index is 0.00418. The lowest BCUT2D eigenvalue weighted by atomic mass is 10.0. The molecule has 1 saturated heterocycles. The molecule has 100 valence electrons. The number of hydrogen-bond donors (Lipinski definition) is 2. The van der Waals surface area contributed by atoms with Gasteiger partial charge in [-0.3, -0.25) is 0 Å². The van der Waals surface area contributed by atoms with Gasteiger partial charge in [0.05, 0.1) is 32.1 Å². The third-order valence-corrected chi connectivity index (χ3v) is 3.43. The molecule has 3 N–H and O–H groups in total. The molecule has 1 aliphatic rings. The lowest BCUT2D eigenvalue weighted by molar-refractivity contribution is 0.210. The van der Waals surface area contributed by atoms with E-state index in [9.17, 15) is 5.11 Å². The van der Waals surface area contributed by atoms with Gasteiger partial charge in [-0.2, -0.15) is 0 Å². The van der Waals surface area contributed by atoms with Gasteiger partial charge in [0.15, 0.2) is 0 Å². The van der Waals surface area contributed by atoms with Crippen molar-refractivity contribution < 1.29 is 14.6 Å². The quantitative estimate of drug-likeness (QED) is 0.821. The fourth-order valence-electron chi connectivity index (χ4n) is 2.27. The fourth-order valence-corrected chi connectivity index (χ4v) is 2.27. The lowest BCUT2D eigenvalue weighted by Gasteiger charge is -2.25. The van der Waals surface area contributed by atoms with Crippen molar-refractivity contribution in [3.63, 3.8) is 0 Å². The van der Waals surface area contributed by atoms with Crippen LogP contribution in [0, 0.1) is 0 Å². The van der Waals surface area contributed by atoms with Crippen LogP contribution in [-0.2, 0) is 0 Å². The number of aliphatic hydroxyl groups is 1. The average molecular weight is 252 g/mol. The van der Waals surface area contributed by atoms with Gasteiger partial charge in [-0.15, -0.1) is 0 Å². The van der Waals surface area contributed by atoms with Gasteiger partial charge in [0.2, 0.25) is 0 Å². The molecule has 5 nitrogen and oxygen atoms in total. The van der Waals surface area contributed by atoms with Gasteiger partial charge in [0.25, 0.3) is 0 Å². The largest absolute Gasteiger partial charge is 0.497 e. The van der Waals surface area contributed by atoms with E-state index in [1.165, 1.54) is 0 Å². The van der Waals surface area contributed by atoms with E-state index in [4.69, 9.17) is 15.2 Å². The summed E-state index contributed by atoms with van der Waals surface area (Å²) in [5.41, 5.74) is 6.52. The highest BCUT2D eigenvalue weighted by Crippen LogP contribution is 2.35. The van der Waals surface area contributed by atoms with Crippen LogP contribution in [-0.4, -0.2) is 44.6 Å². The van der Waals surface area contributed by atoms with Gasteiger partial charge < -0.3 is 25.2 Å². The Morgan fingerprint density at radius 1 is 1.39 bits per heavy atom. The van der Waals surface area contributed by atoms with Gasteiger partial charge in [-0.1, -0.05) is 0 Å². The summed E-state index contributed by atoms with van der Waals surface area (Å²) >= 11 is 0. The number of methoxy groups -OCH3 is 2. The Labute approximate surface area is 107 Å². The summed E-state index contributed by atoms with van der Waals surface area (Å²) in [7, 11) is 3.28. The molecule has 1 unspecified atom stereocenters. The lowest BCUT2D eigenvalue weighted by Crippen LogP contribution is -2.46. The Bertz CT molecular complexity index is 425. The molecule has 5 heteroatoms. The van der Waals surface area contributed by atoms with Crippen LogP contribution in [0.15, 0.2) is 18.2 Å². The van der Waals surface area contributed by atoms with E-state index in [2.05, 4.69) is 4.90 Å². The first-order valence-corrected chi connectivity index (χ1v) is 5.98. The highest BCUT2D eigenvalue weighted by molar-refractivity contribution is 5.62. The molecule has 0 amide bonds. The summed E-state index contributed by atoms with van der Waals surface area (Å²) in [5, 5.41) is 9.31. The predicted molar refractivity (Wildman–Crippen MR) is 70.4 cm³/mol. The smallest absolute Gasteiger partial charge is 0.142 e. The Hall–Kier alpha value is -1.46. The predicted octanol–water partition coefficient (Wildman–Crippen LogP) is 0.604. The summed E-state index contributed by atoms with van der Waals surface area (Å²) in [4.78, 5) is 2.12. The molecule has 1 aliphatic heterocycles. The Kier molecular flexibility index (Phi) is 3.63. The minimum atomic E-state index is -0.520. The fraction of sp³-hybridized carbons (Fsp3) is 0.538. The minimum Gasteiger partial charge on any atom is -0.497 e. The van der Waals surface area contributed by atoms with Gasteiger partial charge in [0, 0.05) is 19.2 Å². The summed E-state index contributed by atoms with van der Waals surface area (Å²) in [5.74, 6) is 1.57. The van der Waals surface area contributed by atoms with Crippen molar-refractivity contribution in [2.75, 3.05) is 38.8 Å². The Morgan fingerprint density at radius 2 is 2.17 bits per heavy atom. The van der Waals surface area contributed by atoms with Crippen LogP contribution >= 0.6 is 0 Å². The second-order valence-electron chi connectivity index (χ2n) is 4.73. The molecular formula is C13H20N2O3. The molecule has 1 aromatic carbocycles. The second kappa shape index (κ2) is 5.04. The number of hydrogen-bond acceptors (Lipinski definition) is 5. The van der Waals surface area contributed by atoms with Crippen molar-refractivity contribution in [2.24, 2.45) is 5.73 Å². The number of benzene rings is 1. The maximum atomic E-state index is 9.31. The molecule has 18 heavy (non-hydrogen) atoms. The zero-order valence-electron chi connectivity index (χ0n) is 10.8. The van der Waals surface area contributed by atoms with Crippen molar-refractivity contribution in [1.82, 2.24) is 0 Å². The molecular weight excluding hydrogens is 232 g/mol. The zero-order chi connectivity index (χ0) is 13.2. The van der Waals surface area contributed by atoms with E-state index < -0.39 is 5.54 Å².